The Balaban J connectivity index is 1.86. The van der Waals surface area contributed by atoms with Crippen molar-refractivity contribution in [1.29, 1.82) is 0 Å². The van der Waals surface area contributed by atoms with Crippen molar-refractivity contribution in [3.8, 4) is 0 Å². The summed E-state index contributed by atoms with van der Waals surface area (Å²) in [7, 11) is 0. The minimum absolute atomic E-state index is 0.431. The number of hydrogen-bond donors (Lipinski definition) is 1. The Morgan fingerprint density at radius 2 is 2.11 bits per heavy atom. The molecule has 1 atom stereocenters. The summed E-state index contributed by atoms with van der Waals surface area (Å²) in [4.78, 5) is 2.53. The largest absolute Gasteiger partial charge is 0.307 e. The van der Waals surface area contributed by atoms with E-state index in [4.69, 9.17) is 0 Å². The summed E-state index contributed by atoms with van der Waals surface area (Å²) in [5.74, 6) is 0. The third kappa shape index (κ3) is 3.81. The summed E-state index contributed by atoms with van der Waals surface area (Å²) < 4.78 is 1.16. The molecule has 100 valence electrons. The molecule has 18 heavy (non-hydrogen) atoms. The summed E-state index contributed by atoms with van der Waals surface area (Å²) >= 11 is 3.54. The maximum Gasteiger partial charge on any atom is 0.0294 e. The fraction of sp³-hybridized carbons (Fsp3) is 0.600. The highest BCUT2D eigenvalue weighted by Gasteiger charge is 2.19. The molecule has 1 aromatic rings. The minimum Gasteiger partial charge on any atom is -0.307 e. The summed E-state index contributed by atoms with van der Waals surface area (Å²) in [5, 5.41) is 3.76. The molecule has 0 amide bonds. The van der Waals surface area contributed by atoms with Crippen LogP contribution in [0.3, 0.4) is 0 Å². The van der Waals surface area contributed by atoms with E-state index in [-0.39, 0.29) is 0 Å². The van der Waals surface area contributed by atoms with Crippen LogP contribution in [0.25, 0.3) is 0 Å². The summed E-state index contributed by atoms with van der Waals surface area (Å²) in [6.07, 6.45) is 2.54. The molecule has 1 heterocycles. The van der Waals surface area contributed by atoms with Gasteiger partial charge in [0.05, 0.1) is 0 Å². The maximum atomic E-state index is 3.76. The SMILES string of the molecule is CCN1CCC(N[C@H](C)c2cccc(Br)c2)CC1. The van der Waals surface area contributed by atoms with E-state index in [1.165, 1.54) is 38.0 Å². The highest BCUT2D eigenvalue weighted by Crippen LogP contribution is 2.20. The van der Waals surface area contributed by atoms with E-state index >= 15 is 0 Å². The van der Waals surface area contributed by atoms with Gasteiger partial charge in [-0.3, -0.25) is 0 Å². The van der Waals surface area contributed by atoms with Gasteiger partial charge in [-0.1, -0.05) is 35.0 Å². The Hall–Kier alpha value is -0.380. The molecule has 1 fully saturated rings. The number of rotatable bonds is 4. The molecule has 1 aliphatic rings. The van der Waals surface area contributed by atoms with E-state index < -0.39 is 0 Å². The lowest BCUT2D eigenvalue weighted by Gasteiger charge is -2.33. The van der Waals surface area contributed by atoms with E-state index in [1.54, 1.807) is 0 Å². The second kappa shape index (κ2) is 6.69. The van der Waals surface area contributed by atoms with Crippen molar-refractivity contribution < 1.29 is 0 Å². The highest BCUT2D eigenvalue weighted by molar-refractivity contribution is 9.10. The molecule has 1 aromatic carbocycles. The van der Waals surface area contributed by atoms with Crippen LogP contribution in [0, 0.1) is 0 Å². The number of hydrogen-bond acceptors (Lipinski definition) is 2. The van der Waals surface area contributed by atoms with Gasteiger partial charge in [0, 0.05) is 16.6 Å². The molecule has 0 radical (unpaired) electrons. The van der Waals surface area contributed by atoms with Gasteiger partial charge >= 0.3 is 0 Å². The Morgan fingerprint density at radius 1 is 1.39 bits per heavy atom. The summed E-state index contributed by atoms with van der Waals surface area (Å²) in [6, 6.07) is 9.69. The molecule has 0 bridgehead atoms. The molecule has 0 unspecified atom stereocenters. The third-order valence-electron chi connectivity index (χ3n) is 3.87. The van der Waals surface area contributed by atoms with Crippen molar-refractivity contribution in [1.82, 2.24) is 10.2 Å². The lowest BCUT2D eigenvalue weighted by Crippen LogP contribution is -2.43. The smallest absolute Gasteiger partial charge is 0.0294 e. The zero-order chi connectivity index (χ0) is 13.0. The lowest BCUT2D eigenvalue weighted by molar-refractivity contribution is 0.200. The third-order valence-corrected chi connectivity index (χ3v) is 4.36. The second-order valence-corrected chi connectivity index (χ2v) is 6.07. The molecule has 3 heteroatoms. The van der Waals surface area contributed by atoms with Crippen molar-refractivity contribution in [3.63, 3.8) is 0 Å². The number of nitrogens with zero attached hydrogens (tertiary/aromatic N) is 1. The first-order valence-corrected chi connectivity index (χ1v) is 7.72. The number of nitrogens with one attached hydrogen (secondary N) is 1. The van der Waals surface area contributed by atoms with Gasteiger partial charge in [-0.05, 0) is 57.1 Å². The van der Waals surface area contributed by atoms with Crippen LogP contribution in [-0.2, 0) is 0 Å². The van der Waals surface area contributed by atoms with Crippen LogP contribution in [0.1, 0.15) is 38.3 Å². The average molecular weight is 311 g/mol. The van der Waals surface area contributed by atoms with Gasteiger partial charge in [0.1, 0.15) is 0 Å². The Kier molecular flexibility index (Phi) is 5.22. The predicted molar refractivity (Wildman–Crippen MR) is 80.8 cm³/mol. The van der Waals surface area contributed by atoms with Crippen molar-refractivity contribution >= 4 is 15.9 Å². The van der Waals surface area contributed by atoms with Crippen LogP contribution in [0.4, 0.5) is 0 Å². The van der Waals surface area contributed by atoms with E-state index in [0.29, 0.717) is 12.1 Å². The Labute approximate surface area is 119 Å². The number of halogens is 1. The van der Waals surface area contributed by atoms with Gasteiger partial charge in [-0.25, -0.2) is 0 Å². The van der Waals surface area contributed by atoms with Crippen LogP contribution >= 0.6 is 15.9 Å². The Morgan fingerprint density at radius 3 is 2.72 bits per heavy atom. The topological polar surface area (TPSA) is 15.3 Å². The molecular formula is C15H23BrN2. The molecule has 0 aromatic heterocycles. The van der Waals surface area contributed by atoms with Crippen molar-refractivity contribution in [2.45, 2.75) is 38.8 Å². The van der Waals surface area contributed by atoms with E-state index in [1.807, 2.05) is 0 Å². The summed E-state index contributed by atoms with van der Waals surface area (Å²) in [5.41, 5.74) is 1.36. The van der Waals surface area contributed by atoms with Crippen LogP contribution in [0.5, 0.6) is 0 Å². The fourth-order valence-electron chi connectivity index (χ4n) is 2.64. The van der Waals surface area contributed by atoms with Gasteiger partial charge in [0.15, 0.2) is 0 Å². The van der Waals surface area contributed by atoms with Crippen molar-refractivity contribution in [2.75, 3.05) is 19.6 Å². The first-order chi connectivity index (χ1) is 8.69. The van der Waals surface area contributed by atoms with Gasteiger partial charge in [0.25, 0.3) is 0 Å². The van der Waals surface area contributed by atoms with Gasteiger partial charge < -0.3 is 10.2 Å². The molecule has 1 aliphatic heterocycles. The highest BCUT2D eigenvalue weighted by atomic mass is 79.9. The zero-order valence-corrected chi connectivity index (χ0v) is 12.9. The molecule has 2 rings (SSSR count). The van der Waals surface area contributed by atoms with Crippen LogP contribution in [0.2, 0.25) is 0 Å². The van der Waals surface area contributed by atoms with E-state index in [2.05, 4.69) is 64.3 Å². The molecule has 2 nitrogen and oxygen atoms in total. The molecular weight excluding hydrogens is 288 g/mol. The van der Waals surface area contributed by atoms with Crippen LogP contribution in [0.15, 0.2) is 28.7 Å². The van der Waals surface area contributed by atoms with E-state index in [0.717, 1.165) is 4.47 Å². The second-order valence-electron chi connectivity index (χ2n) is 5.15. The van der Waals surface area contributed by atoms with Crippen LogP contribution in [-0.4, -0.2) is 30.6 Å². The number of piperidine rings is 1. The molecule has 1 N–H and O–H groups in total. The first kappa shape index (κ1) is 14.0. The summed E-state index contributed by atoms with van der Waals surface area (Å²) in [6.45, 7) is 8.17. The van der Waals surface area contributed by atoms with Gasteiger partial charge in [-0.15, -0.1) is 0 Å². The first-order valence-electron chi connectivity index (χ1n) is 6.93. The maximum absolute atomic E-state index is 3.76. The standard InChI is InChI=1S/C15H23BrN2/c1-3-18-9-7-15(8-10-18)17-12(2)13-5-4-6-14(16)11-13/h4-6,11-12,15,17H,3,7-10H2,1-2H3/t12-/m1/s1. The monoisotopic (exact) mass is 310 g/mol. The van der Waals surface area contributed by atoms with Gasteiger partial charge in [0.2, 0.25) is 0 Å². The number of likely N-dealkylation sites (tertiary alicyclic amines) is 1. The zero-order valence-electron chi connectivity index (χ0n) is 11.3. The lowest BCUT2D eigenvalue weighted by atomic mass is 10.0. The quantitative estimate of drug-likeness (QED) is 0.914. The average Bonchev–Trinajstić information content (AvgIpc) is 2.39. The fourth-order valence-corrected chi connectivity index (χ4v) is 3.06. The normalized spacial score (nSPS) is 19.9. The van der Waals surface area contributed by atoms with Crippen LogP contribution < -0.4 is 5.32 Å². The molecule has 0 saturated carbocycles. The predicted octanol–water partition coefficient (Wildman–Crippen LogP) is 3.58. The Bertz CT molecular complexity index is 373. The molecule has 0 spiro atoms. The van der Waals surface area contributed by atoms with Crippen molar-refractivity contribution in [3.05, 3.63) is 34.3 Å². The van der Waals surface area contributed by atoms with E-state index in [9.17, 15) is 0 Å². The molecule has 1 saturated heterocycles. The van der Waals surface area contributed by atoms with Gasteiger partial charge in [-0.2, -0.15) is 0 Å². The number of benzene rings is 1. The molecule has 0 aliphatic carbocycles. The van der Waals surface area contributed by atoms with Crippen molar-refractivity contribution in [2.24, 2.45) is 0 Å². The minimum atomic E-state index is 0.431.